The molecule has 1 heterocycles. The maximum Gasteiger partial charge on any atom is 0.253 e. The fourth-order valence-electron chi connectivity index (χ4n) is 2.52. The minimum atomic E-state index is -0.0754. The highest BCUT2D eigenvalue weighted by atomic mass is 35.5. The highest BCUT2D eigenvalue weighted by Gasteiger charge is 2.11. The second-order valence-corrected chi connectivity index (χ2v) is 4.88. The molecule has 0 bridgehead atoms. The molecule has 0 saturated heterocycles. The Morgan fingerprint density at radius 3 is 2.85 bits per heavy atom. The number of amides is 1. The molecule has 1 aliphatic rings. The first-order valence-electron chi connectivity index (χ1n) is 6.62. The van der Waals surface area contributed by atoms with Gasteiger partial charge in [0, 0.05) is 18.9 Å². The summed E-state index contributed by atoms with van der Waals surface area (Å²) >= 11 is 0. The molecular formula is C16H17ClN2O. The van der Waals surface area contributed by atoms with E-state index >= 15 is 0 Å². The Kier molecular flexibility index (Phi) is 4.74. The molecule has 20 heavy (non-hydrogen) atoms. The molecule has 1 aromatic carbocycles. The van der Waals surface area contributed by atoms with Gasteiger partial charge in [-0.15, -0.1) is 12.4 Å². The van der Waals surface area contributed by atoms with E-state index in [9.17, 15) is 4.79 Å². The average Bonchev–Trinajstić information content (AvgIpc) is 2.93. The van der Waals surface area contributed by atoms with Crippen LogP contribution in [0.5, 0.6) is 0 Å². The third kappa shape index (κ3) is 3.17. The zero-order chi connectivity index (χ0) is 13.1. The number of fused-ring (bicyclic) bond motifs is 1. The van der Waals surface area contributed by atoms with E-state index in [-0.39, 0.29) is 18.3 Å². The summed E-state index contributed by atoms with van der Waals surface area (Å²) in [6, 6.07) is 10.0. The molecule has 1 aromatic heterocycles. The molecular weight excluding hydrogens is 272 g/mol. The van der Waals surface area contributed by atoms with Crippen LogP contribution >= 0.6 is 12.4 Å². The summed E-state index contributed by atoms with van der Waals surface area (Å²) in [6.07, 6.45) is 6.85. The maximum absolute atomic E-state index is 11.9. The van der Waals surface area contributed by atoms with Crippen molar-refractivity contribution in [3.63, 3.8) is 0 Å². The first kappa shape index (κ1) is 14.5. The Hall–Kier alpha value is -1.87. The van der Waals surface area contributed by atoms with Crippen LogP contribution in [-0.4, -0.2) is 10.9 Å². The van der Waals surface area contributed by atoms with Crippen LogP contribution in [0.2, 0.25) is 0 Å². The third-order valence-electron chi connectivity index (χ3n) is 3.54. The lowest BCUT2D eigenvalue weighted by molar-refractivity contribution is 0.0950. The Balaban J connectivity index is 0.00000147. The topological polar surface area (TPSA) is 42.0 Å². The molecule has 0 saturated carbocycles. The summed E-state index contributed by atoms with van der Waals surface area (Å²) in [5.41, 5.74) is 4.66. The summed E-state index contributed by atoms with van der Waals surface area (Å²) in [5.74, 6) is -0.0754. The second-order valence-electron chi connectivity index (χ2n) is 4.88. The molecule has 0 spiro atoms. The Morgan fingerprint density at radius 2 is 2.05 bits per heavy atom. The van der Waals surface area contributed by atoms with Crippen molar-refractivity contribution in [2.75, 3.05) is 0 Å². The van der Waals surface area contributed by atoms with Gasteiger partial charge in [-0.25, -0.2) is 0 Å². The number of halogens is 1. The third-order valence-corrected chi connectivity index (χ3v) is 3.54. The number of nitrogens with zero attached hydrogens (tertiary/aromatic N) is 1. The van der Waals surface area contributed by atoms with Crippen LogP contribution in [0.1, 0.15) is 33.5 Å². The van der Waals surface area contributed by atoms with Gasteiger partial charge >= 0.3 is 0 Å². The van der Waals surface area contributed by atoms with Crippen LogP contribution < -0.4 is 5.32 Å². The lowest BCUT2D eigenvalue weighted by atomic mass is 10.1. The quantitative estimate of drug-likeness (QED) is 0.943. The maximum atomic E-state index is 11.9. The zero-order valence-corrected chi connectivity index (χ0v) is 12.0. The number of hydrogen-bond donors (Lipinski definition) is 1. The molecule has 0 unspecified atom stereocenters. The Labute approximate surface area is 124 Å². The molecule has 1 N–H and O–H groups in total. The number of benzene rings is 1. The van der Waals surface area contributed by atoms with Gasteiger partial charge in [0.05, 0.1) is 5.56 Å². The predicted molar refractivity (Wildman–Crippen MR) is 81.1 cm³/mol. The van der Waals surface area contributed by atoms with Crippen molar-refractivity contribution in [1.82, 2.24) is 10.3 Å². The van der Waals surface area contributed by atoms with E-state index in [0.717, 1.165) is 5.56 Å². The minimum absolute atomic E-state index is 0. The first-order valence-corrected chi connectivity index (χ1v) is 6.62. The molecule has 0 aliphatic heterocycles. The Morgan fingerprint density at radius 1 is 1.20 bits per heavy atom. The molecule has 2 aromatic rings. The van der Waals surface area contributed by atoms with Crippen molar-refractivity contribution in [3.05, 3.63) is 65.0 Å². The molecule has 1 aliphatic carbocycles. The van der Waals surface area contributed by atoms with Crippen molar-refractivity contribution in [3.8, 4) is 0 Å². The van der Waals surface area contributed by atoms with Crippen LogP contribution in [0.4, 0.5) is 0 Å². The van der Waals surface area contributed by atoms with Gasteiger partial charge in [-0.1, -0.05) is 18.2 Å². The number of pyridine rings is 1. The number of hydrogen-bond acceptors (Lipinski definition) is 2. The molecule has 0 atom stereocenters. The van der Waals surface area contributed by atoms with E-state index < -0.39 is 0 Å². The number of nitrogens with one attached hydrogen (secondary N) is 1. The van der Waals surface area contributed by atoms with Crippen molar-refractivity contribution in [2.24, 2.45) is 0 Å². The molecule has 4 heteroatoms. The van der Waals surface area contributed by atoms with Crippen molar-refractivity contribution in [2.45, 2.75) is 25.8 Å². The van der Waals surface area contributed by atoms with Gasteiger partial charge in [0.15, 0.2) is 0 Å². The van der Waals surface area contributed by atoms with Gasteiger partial charge in [0.1, 0.15) is 0 Å². The van der Waals surface area contributed by atoms with E-state index in [2.05, 4.69) is 28.5 Å². The smallest absolute Gasteiger partial charge is 0.253 e. The summed E-state index contributed by atoms with van der Waals surface area (Å²) in [5, 5.41) is 2.93. The highest BCUT2D eigenvalue weighted by Crippen LogP contribution is 2.22. The van der Waals surface area contributed by atoms with Gasteiger partial charge in [-0.2, -0.15) is 0 Å². The molecule has 3 rings (SSSR count). The SMILES string of the molecule is Cl.O=C(NCc1ccc2c(c1)CCC2)c1cccnc1. The van der Waals surface area contributed by atoms with Crippen LogP contribution in [0.3, 0.4) is 0 Å². The monoisotopic (exact) mass is 288 g/mol. The van der Waals surface area contributed by atoms with Crippen LogP contribution in [0.15, 0.2) is 42.7 Å². The normalized spacial score (nSPS) is 12.4. The minimum Gasteiger partial charge on any atom is -0.348 e. The summed E-state index contributed by atoms with van der Waals surface area (Å²) in [6.45, 7) is 0.570. The fraction of sp³-hybridized carbons (Fsp3) is 0.250. The van der Waals surface area contributed by atoms with Crippen molar-refractivity contribution < 1.29 is 4.79 Å². The number of aromatic nitrogens is 1. The second kappa shape index (κ2) is 6.53. The number of carbonyl (C=O) groups is 1. The fourth-order valence-corrected chi connectivity index (χ4v) is 2.52. The largest absolute Gasteiger partial charge is 0.348 e. The van der Waals surface area contributed by atoms with Gasteiger partial charge in [0.25, 0.3) is 5.91 Å². The van der Waals surface area contributed by atoms with E-state index in [1.807, 2.05) is 0 Å². The van der Waals surface area contributed by atoms with E-state index in [1.54, 1.807) is 24.5 Å². The van der Waals surface area contributed by atoms with Gasteiger partial charge in [0.2, 0.25) is 0 Å². The van der Waals surface area contributed by atoms with Gasteiger partial charge in [-0.05, 0) is 48.1 Å². The van der Waals surface area contributed by atoms with Crippen molar-refractivity contribution in [1.29, 1.82) is 0 Å². The van der Waals surface area contributed by atoms with E-state index in [4.69, 9.17) is 0 Å². The van der Waals surface area contributed by atoms with Crippen LogP contribution in [0.25, 0.3) is 0 Å². The van der Waals surface area contributed by atoms with Gasteiger partial charge < -0.3 is 5.32 Å². The molecule has 0 radical (unpaired) electrons. The summed E-state index contributed by atoms with van der Waals surface area (Å²) in [4.78, 5) is 15.8. The summed E-state index contributed by atoms with van der Waals surface area (Å²) in [7, 11) is 0. The first-order chi connectivity index (χ1) is 9.33. The van der Waals surface area contributed by atoms with Crippen LogP contribution in [0, 0.1) is 0 Å². The molecule has 1 amide bonds. The van der Waals surface area contributed by atoms with Crippen LogP contribution in [-0.2, 0) is 19.4 Å². The van der Waals surface area contributed by atoms with E-state index in [0.29, 0.717) is 12.1 Å². The van der Waals surface area contributed by atoms with Crippen molar-refractivity contribution >= 4 is 18.3 Å². The number of aryl methyl sites for hydroxylation is 2. The predicted octanol–water partition coefficient (Wildman–Crippen LogP) is 2.92. The summed E-state index contributed by atoms with van der Waals surface area (Å²) < 4.78 is 0. The average molecular weight is 289 g/mol. The lowest BCUT2D eigenvalue weighted by Gasteiger charge is -2.07. The molecule has 3 nitrogen and oxygen atoms in total. The molecule has 0 fully saturated rings. The van der Waals surface area contributed by atoms with E-state index in [1.165, 1.54) is 30.4 Å². The number of carbonyl (C=O) groups excluding carboxylic acids is 1. The Bertz CT molecular complexity index is 599. The van der Waals surface area contributed by atoms with Gasteiger partial charge in [-0.3, -0.25) is 9.78 Å². The molecule has 104 valence electrons. The standard InChI is InChI=1S/C16H16N2O.ClH/c19-16(15-5-2-8-17-11-15)18-10-12-6-7-13-3-1-4-14(13)9-12;/h2,5-9,11H,1,3-4,10H2,(H,18,19);1H. The lowest BCUT2D eigenvalue weighted by Crippen LogP contribution is -2.22. The highest BCUT2D eigenvalue weighted by molar-refractivity contribution is 5.93. The zero-order valence-electron chi connectivity index (χ0n) is 11.1. The number of rotatable bonds is 3.